The highest BCUT2D eigenvalue weighted by Gasteiger charge is 2.25. The molecule has 0 aliphatic rings. The molecule has 0 saturated carbocycles. The first-order chi connectivity index (χ1) is 14.0. The number of alkyl carbamates (subject to hydrolysis) is 1. The Morgan fingerprint density at radius 1 is 0.931 bits per heavy atom. The normalized spacial score (nSPS) is 12.7. The zero-order chi connectivity index (χ0) is 21.1. The van der Waals surface area contributed by atoms with E-state index < -0.39 is 24.1 Å². The fourth-order valence-electron chi connectivity index (χ4n) is 2.89. The van der Waals surface area contributed by atoms with Crippen molar-refractivity contribution in [1.82, 2.24) is 10.6 Å². The minimum Gasteiger partial charge on any atom is -0.445 e. The summed E-state index contributed by atoms with van der Waals surface area (Å²) in [7, 11) is 0. The van der Waals surface area contributed by atoms with Gasteiger partial charge in [0.2, 0.25) is 5.91 Å². The van der Waals surface area contributed by atoms with Crippen molar-refractivity contribution >= 4 is 18.3 Å². The number of benzene rings is 2. The first-order valence-corrected chi connectivity index (χ1v) is 9.74. The van der Waals surface area contributed by atoms with Crippen molar-refractivity contribution in [1.29, 1.82) is 0 Å². The van der Waals surface area contributed by atoms with Crippen molar-refractivity contribution in [2.75, 3.05) is 0 Å². The van der Waals surface area contributed by atoms with Crippen LogP contribution in [0.1, 0.15) is 31.4 Å². The topological polar surface area (TPSA) is 84.5 Å². The lowest BCUT2D eigenvalue weighted by Crippen LogP contribution is -2.51. The van der Waals surface area contributed by atoms with Gasteiger partial charge >= 0.3 is 6.09 Å². The predicted molar refractivity (Wildman–Crippen MR) is 111 cm³/mol. The number of aldehydes is 1. The van der Waals surface area contributed by atoms with E-state index in [1.165, 1.54) is 0 Å². The van der Waals surface area contributed by atoms with Crippen molar-refractivity contribution in [3.05, 3.63) is 71.8 Å². The number of nitrogens with one attached hydrogen (secondary N) is 2. The zero-order valence-corrected chi connectivity index (χ0v) is 16.8. The first kappa shape index (κ1) is 22.1. The van der Waals surface area contributed by atoms with Crippen LogP contribution in [-0.4, -0.2) is 30.4 Å². The molecule has 2 unspecified atom stereocenters. The van der Waals surface area contributed by atoms with Crippen molar-refractivity contribution in [2.24, 2.45) is 5.92 Å². The van der Waals surface area contributed by atoms with Gasteiger partial charge < -0.3 is 20.2 Å². The Bertz CT molecular complexity index is 778. The summed E-state index contributed by atoms with van der Waals surface area (Å²) in [6, 6.07) is 17.3. The molecule has 0 aliphatic carbocycles. The summed E-state index contributed by atoms with van der Waals surface area (Å²) in [5.74, 6) is -0.229. The summed E-state index contributed by atoms with van der Waals surface area (Å²) in [5.41, 5.74) is 1.80. The van der Waals surface area contributed by atoms with Gasteiger partial charge in [-0.1, -0.05) is 74.5 Å². The molecule has 0 spiro atoms. The van der Waals surface area contributed by atoms with Crippen LogP contribution in [0.25, 0.3) is 0 Å². The van der Waals surface area contributed by atoms with Gasteiger partial charge in [-0.05, 0) is 29.9 Å². The molecule has 2 atom stereocenters. The smallest absolute Gasteiger partial charge is 0.408 e. The van der Waals surface area contributed by atoms with Crippen LogP contribution in [0.5, 0.6) is 0 Å². The second-order valence-corrected chi connectivity index (χ2v) is 7.33. The molecular formula is C23H28N2O4. The van der Waals surface area contributed by atoms with E-state index in [4.69, 9.17) is 4.74 Å². The Balaban J connectivity index is 1.93. The summed E-state index contributed by atoms with van der Waals surface area (Å²) >= 11 is 0. The Labute approximate surface area is 171 Å². The number of carbonyl (C=O) groups excluding carboxylic acids is 3. The monoisotopic (exact) mass is 396 g/mol. The van der Waals surface area contributed by atoms with Crippen LogP contribution in [0.3, 0.4) is 0 Å². The molecular weight excluding hydrogens is 368 g/mol. The van der Waals surface area contributed by atoms with Crippen LogP contribution >= 0.6 is 0 Å². The molecule has 0 heterocycles. The van der Waals surface area contributed by atoms with E-state index >= 15 is 0 Å². The quantitative estimate of drug-likeness (QED) is 0.604. The molecule has 154 valence electrons. The highest BCUT2D eigenvalue weighted by molar-refractivity contribution is 5.87. The maximum atomic E-state index is 12.7. The average Bonchev–Trinajstić information content (AvgIpc) is 2.72. The van der Waals surface area contributed by atoms with Crippen molar-refractivity contribution in [3.8, 4) is 0 Å². The molecule has 6 nitrogen and oxygen atoms in total. The van der Waals surface area contributed by atoms with E-state index in [0.717, 1.165) is 11.1 Å². The SMILES string of the molecule is CC(C)CC(NC(=O)OCc1ccccc1)C(=O)NC(C=O)Cc1ccccc1. The Morgan fingerprint density at radius 3 is 2.07 bits per heavy atom. The van der Waals surface area contributed by atoms with Crippen LogP contribution in [0.15, 0.2) is 60.7 Å². The Morgan fingerprint density at radius 2 is 1.52 bits per heavy atom. The van der Waals surface area contributed by atoms with Crippen LogP contribution in [0, 0.1) is 5.92 Å². The number of hydrogen-bond acceptors (Lipinski definition) is 4. The van der Waals surface area contributed by atoms with Gasteiger partial charge in [-0.3, -0.25) is 4.79 Å². The fourth-order valence-corrected chi connectivity index (χ4v) is 2.89. The molecule has 0 saturated heterocycles. The third kappa shape index (κ3) is 8.17. The highest BCUT2D eigenvalue weighted by Crippen LogP contribution is 2.08. The zero-order valence-electron chi connectivity index (χ0n) is 16.8. The lowest BCUT2D eigenvalue weighted by Gasteiger charge is -2.22. The summed E-state index contributed by atoms with van der Waals surface area (Å²) in [5, 5.41) is 5.35. The maximum Gasteiger partial charge on any atom is 0.408 e. The number of rotatable bonds is 10. The average molecular weight is 396 g/mol. The van der Waals surface area contributed by atoms with E-state index in [9.17, 15) is 14.4 Å². The third-order valence-electron chi connectivity index (χ3n) is 4.32. The molecule has 0 fully saturated rings. The molecule has 2 rings (SSSR count). The van der Waals surface area contributed by atoms with Crippen LogP contribution in [-0.2, 0) is 27.4 Å². The minimum atomic E-state index is -0.781. The second-order valence-electron chi connectivity index (χ2n) is 7.33. The molecule has 2 aromatic rings. The van der Waals surface area contributed by atoms with E-state index in [1.54, 1.807) is 0 Å². The fraction of sp³-hybridized carbons (Fsp3) is 0.348. The standard InChI is InChI=1S/C23H28N2O4/c1-17(2)13-21(25-23(28)29-16-19-11-7-4-8-12-19)22(27)24-20(15-26)14-18-9-5-3-6-10-18/h3-12,15,17,20-21H,13-14,16H2,1-2H3,(H,24,27)(H,25,28). The molecule has 2 N–H and O–H groups in total. The van der Waals surface area contributed by atoms with Gasteiger partial charge in [-0.15, -0.1) is 0 Å². The number of hydrogen-bond donors (Lipinski definition) is 2. The molecule has 0 radical (unpaired) electrons. The van der Waals surface area contributed by atoms with E-state index in [-0.39, 0.29) is 12.5 Å². The maximum absolute atomic E-state index is 12.7. The van der Waals surface area contributed by atoms with E-state index in [0.29, 0.717) is 19.1 Å². The first-order valence-electron chi connectivity index (χ1n) is 9.74. The van der Waals surface area contributed by atoms with Crippen molar-refractivity contribution in [2.45, 2.75) is 45.4 Å². The second kappa shape index (κ2) is 11.6. The van der Waals surface area contributed by atoms with Gasteiger partial charge in [-0.2, -0.15) is 0 Å². The lowest BCUT2D eigenvalue weighted by atomic mass is 10.0. The van der Waals surface area contributed by atoms with Gasteiger partial charge in [0.15, 0.2) is 0 Å². The van der Waals surface area contributed by atoms with Gasteiger partial charge in [0.25, 0.3) is 0 Å². The Hall–Kier alpha value is -3.15. The molecule has 2 aromatic carbocycles. The number of carbonyl (C=O) groups is 3. The summed E-state index contributed by atoms with van der Waals surface area (Å²) in [6.45, 7) is 4.03. The van der Waals surface area contributed by atoms with Crippen LogP contribution in [0.2, 0.25) is 0 Å². The lowest BCUT2D eigenvalue weighted by molar-refractivity contribution is -0.126. The molecule has 2 amide bonds. The van der Waals surface area contributed by atoms with E-state index in [1.807, 2.05) is 74.5 Å². The number of ether oxygens (including phenoxy) is 1. The minimum absolute atomic E-state index is 0.119. The molecule has 29 heavy (non-hydrogen) atoms. The van der Waals surface area contributed by atoms with Gasteiger partial charge in [0, 0.05) is 0 Å². The predicted octanol–water partition coefficient (Wildman–Crippen LogP) is 3.25. The molecule has 0 bridgehead atoms. The van der Waals surface area contributed by atoms with Gasteiger partial charge in [-0.25, -0.2) is 4.79 Å². The summed E-state index contributed by atoms with van der Waals surface area (Å²) < 4.78 is 5.22. The molecule has 0 aromatic heterocycles. The number of amides is 2. The summed E-state index contributed by atoms with van der Waals surface area (Å²) in [4.78, 5) is 36.3. The van der Waals surface area contributed by atoms with Crippen molar-refractivity contribution < 1.29 is 19.1 Å². The molecule has 0 aliphatic heterocycles. The van der Waals surface area contributed by atoms with Gasteiger partial charge in [0.1, 0.15) is 18.9 Å². The molecule has 6 heteroatoms. The van der Waals surface area contributed by atoms with Crippen LogP contribution < -0.4 is 10.6 Å². The van der Waals surface area contributed by atoms with Crippen molar-refractivity contribution in [3.63, 3.8) is 0 Å². The largest absolute Gasteiger partial charge is 0.445 e. The summed E-state index contributed by atoms with van der Waals surface area (Å²) in [6.07, 6.45) is 0.873. The van der Waals surface area contributed by atoms with E-state index in [2.05, 4.69) is 10.6 Å². The third-order valence-corrected chi connectivity index (χ3v) is 4.32. The highest BCUT2D eigenvalue weighted by atomic mass is 16.5. The van der Waals surface area contributed by atoms with Crippen LogP contribution in [0.4, 0.5) is 4.79 Å². The Kier molecular flexibility index (Phi) is 8.89. The van der Waals surface area contributed by atoms with Gasteiger partial charge in [0.05, 0.1) is 6.04 Å².